The van der Waals surface area contributed by atoms with Gasteiger partial charge in [0, 0.05) is 66.3 Å². The van der Waals surface area contributed by atoms with Gasteiger partial charge in [0.1, 0.15) is 0 Å². The molecular formula is C106H68N8. The molecule has 0 spiro atoms. The van der Waals surface area contributed by atoms with Crippen molar-refractivity contribution in [3.05, 3.63) is 413 Å². The van der Waals surface area contributed by atoms with E-state index in [4.69, 9.17) is 29.9 Å². The number of hydrogen-bond acceptors (Lipinski definition) is 6. The summed E-state index contributed by atoms with van der Waals surface area (Å²) < 4.78 is 4.75. The van der Waals surface area contributed by atoms with Crippen LogP contribution < -0.4 is 0 Å². The highest BCUT2D eigenvalue weighted by molar-refractivity contribution is 6.24. The zero-order valence-corrected chi connectivity index (χ0v) is 61.8. The van der Waals surface area contributed by atoms with Crippen molar-refractivity contribution in [2.45, 2.75) is 0 Å². The Morgan fingerprint density at radius 1 is 0.149 bits per heavy atom. The Bertz CT molecular complexity index is 7330. The predicted molar refractivity (Wildman–Crippen MR) is 473 cm³/mol. The third kappa shape index (κ3) is 12.1. The second kappa shape index (κ2) is 28.6. The standard InChI is InChI=1S/2C53H34N4/c1-4-15-35(16-5-1)42-30-31-43(46-24-11-10-23-45(42)46)38-27-29-44-39(33-38)28-32-49-50(44)47-25-12-13-26-48(47)57(49)41-22-14-21-40(34-41)53-55-51(36-17-6-2-7-18-36)54-52(56-53)37-19-8-3-9-20-37;1-4-15-35(16-5-1)42-30-31-43(45-24-11-10-23-44(42)45)39-28-27-36-29-32-49-50(47(36)34-39)46-25-12-13-26-48(46)57(49)41-22-14-21-40(33-41)53-55-51(37-17-6-2-7-18-37)54-52(56-53)38-19-8-3-9-20-38/h2*1-34H. The highest BCUT2D eigenvalue weighted by Crippen LogP contribution is 2.45. The molecule has 0 atom stereocenters. The number of nitrogens with zero attached hydrogens (tertiary/aromatic N) is 8. The van der Waals surface area contributed by atoms with Crippen LogP contribution in [0.25, 0.3) is 211 Å². The molecule has 4 heterocycles. The van der Waals surface area contributed by atoms with Gasteiger partial charge in [-0.2, -0.15) is 0 Å². The molecule has 8 heteroatoms. The summed E-state index contributed by atoms with van der Waals surface area (Å²) in [5.41, 5.74) is 22.1. The van der Waals surface area contributed by atoms with Gasteiger partial charge in [0.2, 0.25) is 0 Å². The van der Waals surface area contributed by atoms with Crippen LogP contribution in [0.2, 0.25) is 0 Å². The second-order valence-electron chi connectivity index (χ2n) is 28.8. The summed E-state index contributed by atoms with van der Waals surface area (Å²) in [5, 5.41) is 14.8. The van der Waals surface area contributed by atoms with Crippen molar-refractivity contribution in [2.24, 2.45) is 0 Å². The van der Waals surface area contributed by atoms with E-state index in [9.17, 15) is 0 Å². The minimum atomic E-state index is 0.630. The summed E-state index contributed by atoms with van der Waals surface area (Å²) in [6.45, 7) is 0. The maximum Gasteiger partial charge on any atom is 0.164 e. The van der Waals surface area contributed by atoms with Gasteiger partial charge in [-0.05, 0) is 148 Å². The Morgan fingerprint density at radius 3 is 0.833 bits per heavy atom. The van der Waals surface area contributed by atoms with Crippen molar-refractivity contribution in [3.63, 3.8) is 0 Å². The number of para-hydroxylation sites is 2. The Kier molecular flexibility index (Phi) is 16.7. The van der Waals surface area contributed by atoms with E-state index in [0.29, 0.717) is 34.9 Å². The zero-order valence-electron chi connectivity index (χ0n) is 61.8. The van der Waals surface area contributed by atoms with E-state index < -0.39 is 0 Å². The number of hydrogen-bond donors (Lipinski definition) is 0. The van der Waals surface area contributed by atoms with Gasteiger partial charge in [-0.25, -0.2) is 29.9 Å². The first-order valence-electron chi connectivity index (χ1n) is 38.6. The first-order chi connectivity index (χ1) is 56.5. The molecule has 0 aliphatic carbocycles. The maximum absolute atomic E-state index is 5.04. The molecule has 18 aromatic carbocycles. The smallest absolute Gasteiger partial charge is 0.164 e. The molecule has 532 valence electrons. The van der Waals surface area contributed by atoms with Gasteiger partial charge in [-0.3, -0.25) is 0 Å². The molecule has 0 amide bonds. The van der Waals surface area contributed by atoms with Crippen molar-refractivity contribution >= 4 is 86.7 Å². The largest absolute Gasteiger partial charge is 0.309 e. The van der Waals surface area contributed by atoms with Gasteiger partial charge < -0.3 is 9.13 Å². The fraction of sp³-hybridized carbons (Fsp3) is 0. The summed E-state index contributed by atoms with van der Waals surface area (Å²) >= 11 is 0. The lowest BCUT2D eigenvalue weighted by Gasteiger charge is -2.13. The van der Waals surface area contributed by atoms with E-state index in [1.54, 1.807) is 0 Å². The molecule has 4 aromatic heterocycles. The quantitative estimate of drug-likeness (QED) is 0.121. The Balaban J connectivity index is 0.000000143. The van der Waals surface area contributed by atoms with Gasteiger partial charge in [0.05, 0.1) is 22.1 Å². The topological polar surface area (TPSA) is 87.2 Å². The fourth-order valence-electron chi connectivity index (χ4n) is 16.8. The molecular weight excluding hydrogens is 1390 g/mol. The maximum atomic E-state index is 5.04. The number of aromatic nitrogens is 8. The first-order valence-corrected chi connectivity index (χ1v) is 38.6. The van der Waals surface area contributed by atoms with E-state index in [1.165, 1.54) is 109 Å². The summed E-state index contributed by atoms with van der Waals surface area (Å²) in [6.07, 6.45) is 0. The van der Waals surface area contributed by atoms with Crippen LogP contribution in [0.15, 0.2) is 413 Å². The van der Waals surface area contributed by atoms with E-state index in [1.807, 2.05) is 121 Å². The molecule has 22 rings (SSSR count). The zero-order chi connectivity index (χ0) is 75.4. The monoisotopic (exact) mass is 1450 g/mol. The molecule has 22 aromatic rings. The van der Waals surface area contributed by atoms with Crippen molar-refractivity contribution < 1.29 is 0 Å². The van der Waals surface area contributed by atoms with Crippen LogP contribution in [0.3, 0.4) is 0 Å². The van der Waals surface area contributed by atoms with Gasteiger partial charge in [0.15, 0.2) is 34.9 Å². The Morgan fingerprint density at radius 2 is 0.439 bits per heavy atom. The number of benzene rings is 18. The molecule has 0 saturated heterocycles. The van der Waals surface area contributed by atoms with Gasteiger partial charge in [-0.1, -0.05) is 352 Å². The molecule has 8 nitrogen and oxygen atoms in total. The van der Waals surface area contributed by atoms with Crippen LogP contribution in [0.1, 0.15) is 0 Å². The molecule has 0 aliphatic rings. The van der Waals surface area contributed by atoms with Crippen molar-refractivity contribution in [3.8, 4) is 124 Å². The van der Waals surface area contributed by atoms with Crippen LogP contribution in [-0.2, 0) is 0 Å². The average Bonchev–Trinajstić information content (AvgIpc) is 1.57. The molecule has 114 heavy (non-hydrogen) atoms. The normalized spacial score (nSPS) is 11.5. The van der Waals surface area contributed by atoms with Crippen LogP contribution in [0.5, 0.6) is 0 Å². The minimum absolute atomic E-state index is 0.630. The Hall–Kier alpha value is -15.4. The van der Waals surface area contributed by atoms with Crippen molar-refractivity contribution in [1.29, 1.82) is 0 Å². The van der Waals surface area contributed by atoms with Crippen LogP contribution >= 0.6 is 0 Å². The van der Waals surface area contributed by atoms with Crippen molar-refractivity contribution in [1.82, 2.24) is 39.0 Å². The molecule has 0 N–H and O–H groups in total. The summed E-state index contributed by atoms with van der Waals surface area (Å²) in [4.78, 5) is 30.0. The van der Waals surface area contributed by atoms with E-state index in [2.05, 4.69) is 300 Å². The Labute approximate surface area is 658 Å². The minimum Gasteiger partial charge on any atom is -0.309 e. The first kappa shape index (κ1) is 66.8. The lowest BCUT2D eigenvalue weighted by Crippen LogP contribution is -2.01. The van der Waals surface area contributed by atoms with Gasteiger partial charge in [-0.15, -0.1) is 0 Å². The predicted octanol–water partition coefficient (Wildman–Crippen LogP) is 27.2. The summed E-state index contributed by atoms with van der Waals surface area (Å²) in [6, 6.07) is 146. The summed E-state index contributed by atoms with van der Waals surface area (Å²) in [7, 11) is 0. The average molecular weight is 1450 g/mol. The van der Waals surface area contributed by atoms with E-state index in [0.717, 1.165) is 66.8 Å². The molecule has 0 saturated carbocycles. The van der Waals surface area contributed by atoms with Crippen LogP contribution in [0.4, 0.5) is 0 Å². The SMILES string of the molecule is c1ccc(-c2nc(-c3ccccc3)nc(-c3cccc(-n4c5ccccc5c5c6cc(-c7ccc(-c8ccccc8)c8ccccc78)ccc6ccc54)c3)n2)cc1.c1ccc(-c2nc(-c3ccccc3)nc(-c3cccc(-n4c5ccccc5c5c6ccc(-c7ccc(-c8ccccc8)c8ccccc78)cc6ccc54)c3)n2)cc1. The van der Waals surface area contributed by atoms with Gasteiger partial charge >= 0.3 is 0 Å². The number of fused-ring (bicyclic) bond motifs is 12. The highest BCUT2D eigenvalue weighted by Gasteiger charge is 2.22. The fourth-order valence-corrected chi connectivity index (χ4v) is 16.8. The summed E-state index contributed by atoms with van der Waals surface area (Å²) in [5.74, 6) is 3.84. The molecule has 0 fully saturated rings. The molecule has 0 bridgehead atoms. The van der Waals surface area contributed by atoms with Crippen LogP contribution in [0, 0.1) is 0 Å². The lowest BCUT2D eigenvalue weighted by atomic mass is 9.91. The molecule has 0 aliphatic heterocycles. The number of rotatable bonds is 12. The van der Waals surface area contributed by atoms with Crippen LogP contribution in [-0.4, -0.2) is 39.0 Å². The lowest BCUT2D eigenvalue weighted by molar-refractivity contribution is 1.07. The molecule has 0 radical (unpaired) electrons. The second-order valence-corrected chi connectivity index (χ2v) is 28.8. The molecule has 0 unspecified atom stereocenters. The van der Waals surface area contributed by atoms with Gasteiger partial charge in [0.25, 0.3) is 0 Å². The highest BCUT2D eigenvalue weighted by atomic mass is 15.1. The third-order valence-corrected chi connectivity index (χ3v) is 22.1. The van der Waals surface area contributed by atoms with E-state index in [-0.39, 0.29) is 0 Å². The third-order valence-electron chi connectivity index (χ3n) is 22.1. The van der Waals surface area contributed by atoms with E-state index >= 15 is 0 Å². The van der Waals surface area contributed by atoms with Crippen molar-refractivity contribution in [2.75, 3.05) is 0 Å².